The summed E-state index contributed by atoms with van der Waals surface area (Å²) in [4.78, 5) is 11.3. The van der Waals surface area contributed by atoms with Crippen molar-refractivity contribution >= 4 is 5.91 Å². The zero-order valence-electron chi connectivity index (χ0n) is 8.19. The Labute approximate surface area is 82.6 Å². The third-order valence-corrected chi connectivity index (χ3v) is 2.05. The molecule has 0 atom stereocenters. The van der Waals surface area contributed by atoms with Crippen LogP contribution in [0.5, 0.6) is 0 Å². The number of primary amides is 1. The Bertz CT molecular complexity index is 306. The van der Waals surface area contributed by atoms with Gasteiger partial charge in [-0.1, -0.05) is 30.3 Å². The summed E-state index contributed by atoms with van der Waals surface area (Å²) in [6, 6.07) is 8.84. The van der Waals surface area contributed by atoms with Gasteiger partial charge >= 0.3 is 0 Å². The molecule has 0 fully saturated rings. The van der Waals surface area contributed by atoms with Gasteiger partial charge in [-0.2, -0.15) is 0 Å². The van der Waals surface area contributed by atoms with E-state index >= 15 is 0 Å². The van der Waals surface area contributed by atoms with Gasteiger partial charge in [0.1, 0.15) is 0 Å². The van der Waals surface area contributed by atoms with Gasteiger partial charge in [-0.3, -0.25) is 4.79 Å². The van der Waals surface area contributed by atoms with Crippen molar-refractivity contribution in [3.63, 3.8) is 0 Å². The molecule has 76 valence electrons. The minimum absolute atomic E-state index is 0.581. The summed E-state index contributed by atoms with van der Waals surface area (Å²) in [6.45, 7) is 0. The number of amides is 1. The minimum Gasteiger partial charge on any atom is -0.365 e. The SMILES string of the molecule is COC(OC)(C(N)=O)c1ccccc1. The average Bonchev–Trinajstić information content (AvgIpc) is 2.22. The second-order valence-electron chi connectivity index (χ2n) is 2.76. The maximum atomic E-state index is 11.3. The molecule has 0 radical (unpaired) electrons. The second-order valence-corrected chi connectivity index (χ2v) is 2.76. The summed E-state index contributed by atoms with van der Waals surface area (Å²) in [7, 11) is 2.75. The number of rotatable bonds is 4. The quantitative estimate of drug-likeness (QED) is 0.716. The molecule has 0 saturated heterocycles. The van der Waals surface area contributed by atoms with Crippen LogP contribution in [0, 0.1) is 0 Å². The molecule has 4 heteroatoms. The van der Waals surface area contributed by atoms with Crippen molar-refractivity contribution in [2.75, 3.05) is 14.2 Å². The molecule has 14 heavy (non-hydrogen) atoms. The highest BCUT2D eigenvalue weighted by Gasteiger charge is 2.38. The fourth-order valence-electron chi connectivity index (χ4n) is 1.32. The van der Waals surface area contributed by atoms with E-state index in [0.717, 1.165) is 0 Å². The van der Waals surface area contributed by atoms with Gasteiger partial charge in [0, 0.05) is 19.8 Å². The van der Waals surface area contributed by atoms with Gasteiger partial charge in [0.05, 0.1) is 0 Å². The van der Waals surface area contributed by atoms with Gasteiger partial charge in [0.2, 0.25) is 0 Å². The third-order valence-electron chi connectivity index (χ3n) is 2.05. The van der Waals surface area contributed by atoms with E-state index in [4.69, 9.17) is 15.2 Å². The predicted octanol–water partition coefficient (Wildman–Crippen LogP) is 0.617. The number of carbonyl (C=O) groups is 1. The van der Waals surface area contributed by atoms with Crippen molar-refractivity contribution in [3.8, 4) is 0 Å². The van der Waals surface area contributed by atoms with E-state index in [1.807, 2.05) is 6.07 Å². The first kappa shape index (κ1) is 10.7. The number of hydrogen-bond donors (Lipinski definition) is 1. The van der Waals surface area contributed by atoms with Crippen LogP contribution in [-0.2, 0) is 20.1 Å². The maximum absolute atomic E-state index is 11.3. The predicted molar refractivity (Wildman–Crippen MR) is 51.3 cm³/mol. The molecule has 0 spiro atoms. The van der Waals surface area contributed by atoms with Crippen LogP contribution in [0.4, 0.5) is 0 Å². The Morgan fingerprint density at radius 1 is 1.21 bits per heavy atom. The van der Waals surface area contributed by atoms with Crippen molar-refractivity contribution in [3.05, 3.63) is 35.9 Å². The fourth-order valence-corrected chi connectivity index (χ4v) is 1.32. The van der Waals surface area contributed by atoms with Gasteiger partial charge in [0.15, 0.2) is 0 Å². The van der Waals surface area contributed by atoms with Crippen LogP contribution >= 0.6 is 0 Å². The number of hydrogen-bond acceptors (Lipinski definition) is 3. The molecule has 0 aliphatic carbocycles. The van der Waals surface area contributed by atoms with Crippen LogP contribution in [0.1, 0.15) is 5.56 Å². The zero-order valence-corrected chi connectivity index (χ0v) is 8.19. The molecule has 0 bridgehead atoms. The molecule has 4 nitrogen and oxygen atoms in total. The lowest BCUT2D eigenvalue weighted by Gasteiger charge is -2.27. The summed E-state index contributed by atoms with van der Waals surface area (Å²) in [5.41, 5.74) is 5.82. The monoisotopic (exact) mass is 195 g/mol. The van der Waals surface area contributed by atoms with Gasteiger partial charge < -0.3 is 15.2 Å². The third kappa shape index (κ3) is 1.62. The Balaban J connectivity index is 3.18. The van der Waals surface area contributed by atoms with Crippen molar-refractivity contribution in [1.29, 1.82) is 0 Å². The molecular formula is C10H13NO3. The highest BCUT2D eigenvalue weighted by atomic mass is 16.7. The van der Waals surface area contributed by atoms with Crippen molar-refractivity contribution < 1.29 is 14.3 Å². The summed E-state index contributed by atoms with van der Waals surface area (Å²) in [6.07, 6.45) is 0. The lowest BCUT2D eigenvalue weighted by Crippen LogP contribution is -2.44. The van der Waals surface area contributed by atoms with Crippen LogP contribution < -0.4 is 5.73 Å². The maximum Gasteiger partial charge on any atom is 0.282 e. The highest BCUT2D eigenvalue weighted by Crippen LogP contribution is 2.25. The van der Waals surface area contributed by atoms with Gasteiger partial charge in [0.25, 0.3) is 11.7 Å². The van der Waals surface area contributed by atoms with Crippen LogP contribution in [0.2, 0.25) is 0 Å². The number of carbonyl (C=O) groups excluding carboxylic acids is 1. The van der Waals surface area contributed by atoms with Crippen LogP contribution in [-0.4, -0.2) is 20.1 Å². The van der Waals surface area contributed by atoms with Crippen LogP contribution in [0.3, 0.4) is 0 Å². The molecule has 1 aromatic rings. The number of nitrogens with two attached hydrogens (primary N) is 1. The largest absolute Gasteiger partial charge is 0.365 e. The highest BCUT2D eigenvalue weighted by molar-refractivity contribution is 5.83. The summed E-state index contributed by atoms with van der Waals surface area (Å²) < 4.78 is 10.1. The van der Waals surface area contributed by atoms with E-state index in [0.29, 0.717) is 5.56 Å². The molecule has 2 N–H and O–H groups in total. The smallest absolute Gasteiger partial charge is 0.282 e. The molecule has 0 aliphatic heterocycles. The minimum atomic E-state index is -1.48. The molecule has 0 unspecified atom stereocenters. The number of methoxy groups -OCH3 is 2. The number of benzene rings is 1. The normalized spacial score (nSPS) is 11.3. The van der Waals surface area contributed by atoms with E-state index in [2.05, 4.69) is 0 Å². The number of ether oxygens (including phenoxy) is 2. The Morgan fingerprint density at radius 2 is 1.71 bits per heavy atom. The second kappa shape index (κ2) is 4.21. The van der Waals surface area contributed by atoms with E-state index < -0.39 is 11.7 Å². The summed E-state index contributed by atoms with van der Waals surface area (Å²) >= 11 is 0. The average molecular weight is 195 g/mol. The molecule has 1 amide bonds. The van der Waals surface area contributed by atoms with E-state index in [1.165, 1.54) is 14.2 Å². The first-order valence-electron chi connectivity index (χ1n) is 4.13. The first-order chi connectivity index (χ1) is 6.67. The fraction of sp³-hybridized carbons (Fsp3) is 0.300. The van der Waals surface area contributed by atoms with Gasteiger partial charge in [-0.05, 0) is 0 Å². The summed E-state index contributed by atoms with van der Waals surface area (Å²) in [5.74, 6) is -2.16. The molecule has 0 aliphatic rings. The topological polar surface area (TPSA) is 61.6 Å². The molecule has 0 saturated carbocycles. The standard InChI is InChI=1S/C10H13NO3/c1-13-10(14-2,9(11)12)8-6-4-3-5-7-8/h3-7H,1-2H3,(H2,11,12). The molecule has 0 heterocycles. The Morgan fingerprint density at radius 3 is 2.07 bits per heavy atom. The summed E-state index contributed by atoms with van der Waals surface area (Å²) in [5, 5.41) is 0. The molecule has 0 aromatic heterocycles. The van der Waals surface area contributed by atoms with Gasteiger partial charge in [-0.25, -0.2) is 0 Å². The molecule has 1 rings (SSSR count). The lowest BCUT2D eigenvalue weighted by molar-refractivity contribution is -0.212. The Kier molecular flexibility index (Phi) is 3.22. The Hall–Kier alpha value is -1.39. The first-order valence-corrected chi connectivity index (χ1v) is 4.13. The van der Waals surface area contributed by atoms with Gasteiger partial charge in [-0.15, -0.1) is 0 Å². The zero-order chi connectivity index (χ0) is 10.6. The van der Waals surface area contributed by atoms with Crippen molar-refractivity contribution in [1.82, 2.24) is 0 Å². The molecule has 1 aromatic carbocycles. The van der Waals surface area contributed by atoms with Crippen molar-refractivity contribution in [2.24, 2.45) is 5.73 Å². The van der Waals surface area contributed by atoms with Crippen LogP contribution in [0.25, 0.3) is 0 Å². The van der Waals surface area contributed by atoms with E-state index in [9.17, 15) is 4.79 Å². The van der Waals surface area contributed by atoms with E-state index in [-0.39, 0.29) is 0 Å². The lowest BCUT2D eigenvalue weighted by atomic mass is 10.1. The van der Waals surface area contributed by atoms with Crippen molar-refractivity contribution in [2.45, 2.75) is 5.79 Å². The van der Waals surface area contributed by atoms with E-state index in [1.54, 1.807) is 24.3 Å². The molecular weight excluding hydrogens is 182 g/mol. The van der Waals surface area contributed by atoms with Crippen LogP contribution in [0.15, 0.2) is 30.3 Å².